The molecule has 0 aliphatic rings. The molecule has 0 fully saturated rings. The highest BCUT2D eigenvalue weighted by atomic mass is 14.1. The highest BCUT2D eigenvalue weighted by Crippen LogP contribution is 2.33. The summed E-state index contributed by atoms with van der Waals surface area (Å²) in [4.78, 5) is 0. The molecule has 0 saturated heterocycles. The highest BCUT2D eigenvalue weighted by Gasteiger charge is 2.10. The van der Waals surface area contributed by atoms with Crippen LogP contribution in [0.3, 0.4) is 0 Å². The minimum absolute atomic E-state index is 0.786. The van der Waals surface area contributed by atoms with Gasteiger partial charge in [-0.05, 0) is 32.3 Å². The molecule has 21 heavy (non-hydrogen) atoms. The SMILES string of the molecule is [B][B]c1cccc2c3ccc([B])cc3c3ccccc3c12. The fourth-order valence-electron chi connectivity index (χ4n) is 3.19. The summed E-state index contributed by atoms with van der Waals surface area (Å²) in [7, 11) is 13.5. The number of hydrogen-bond acceptors (Lipinski definition) is 0. The van der Waals surface area contributed by atoms with Crippen LogP contribution in [0.4, 0.5) is 0 Å². The van der Waals surface area contributed by atoms with E-state index in [4.69, 9.17) is 15.6 Å². The van der Waals surface area contributed by atoms with Crippen LogP contribution in [0.25, 0.3) is 32.3 Å². The summed E-state index contributed by atoms with van der Waals surface area (Å²) >= 11 is 0. The lowest BCUT2D eigenvalue weighted by molar-refractivity contribution is 1.81. The molecule has 4 aromatic carbocycles. The van der Waals surface area contributed by atoms with Crippen molar-refractivity contribution in [1.29, 1.82) is 0 Å². The van der Waals surface area contributed by atoms with Gasteiger partial charge in [0.2, 0.25) is 0 Å². The molecule has 0 saturated carbocycles. The number of hydrogen-bond donors (Lipinski definition) is 0. The lowest BCUT2D eigenvalue weighted by Crippen LogP contribution is -2.15. The molecule has 0 nitrogen and oxygen atoms in total. The van der Waals surface area contributed by atoms with Crippen LogP contribution in [-0.4, -0.2) is 22.8 Å². The maximum absolute atomic E-state index is 5.99. The zero-order valence-corrected chi connectivity index (χ0v) is 11.5. The van der Waals surface area contributed by atoms with Gasteiger partial charge in [-0.3, -0.25) is 0 Å². The zero-order valence-electron chi connectivity index (χ0n) is 11.5. The van der Waals surface area contributed by atoms with E-state index in [0.717, 1.165) is 10.9 Å². The summed E-state index contributed by atoms with van der Waals surface area (Å²) in [5, 5.41) is 7.23. The summed E-state index contributed by atoms with van der Waals surface area (Å²) in [5.74, 6) is 0. The standard InChI is InChI=1S/C18H10B3/c19-11-8-9-13-15-6-3-7-17(21-20)18(15)14-5-2-1-4-12(14)16(13)10-11/h1-10H. The summed E-state index contributed by atoms with van der Waals surface area (Å²) in [6, 6.07) is 20.8. The van der Waals surface area contributed by atoms with E-state index in [-0.39, 0.29) is 0 Å². The average Bonchev–Trinajstić information content (AvgIpc) is 2.54. The Hall–Kier alpha value is -2.15. The van der Waals surface area contributed by atoms with Crippen molar-refractivity contribution >= 4 is 66.0 Å². The fourth-order valence-corrected chi connectivity index (χ4v) is 3.19. The van der Waals surface area contributed by atoms with Gasteiger partial charge in [0, 0.05) is 7.74 Å². The predicted octanol–water partition coefficient (Wildman–Crippen LogP) is 2.35. The maximum Gasteiger partial charge on any atom is 0.113 e. The third kappa shape index (κ3) is 1.81. The van der Waals surface area contributed by atoms with E-state index in [1.54, 1.807) is 7.17 Å². The molecule has 0 spiro atoms. The van der Waals surface area contributed by atoms with Gasteiger partial charge in [-0.15, -0.1) is 0 Å². The summed E-state index contributed by atoms with van der Waals surface area (Å²) in [5.41, 5.74) is 1.84. The minimum atomic E-state index is 0.786. The summed E-state index contributed by atoms with van der Waals surface area (Å²) in [6.45, 7) is 0. The first-order valence-electron chi connectivity index (χ1n) is 6.97. The molecule has 0 unspecified atom stereocenters. The van der Waals surface area contributed by atoms with Gasteiger partial charge in [-0.1, -0.05) is 71.6 Å². The number of benzene rings is 4. The summed E-state index contributed by atoms with van der Waals surface area (Å²) in [6.07, 6.45) is 0. The van der Waals surface area contributed by atoms with Gasteiger partial charge in [0.05, 0.1) is 7.17 Å². The second kappa shape index (κ2) is 4.70. The average molecular weight is 259 g/mol. The molecule has 4 rings (SSSR count). The Labute approximate surface area is 127 Å². The molecule has 3 heteroatoms. The molecule has 5 radical (unpaired) electrons. The Bertz CT molecular complexity index is 960. The second-order valence-electron chi connectivity index (χ2n) is 5.29. The van der Waals surface area contributed by atoms with Gasteiger partial charge in [0.1, 0.15) is 7.85 Å². The minimum Gasteiger partial charge on any atom is -0.0960 e. The molecule has 0 heterocycles. The van der Waals surface area contributed by atoms with Gasteiger partial charge in [0.25, 0.3) is 0 Å². The monoisotopic (exact) mass is 259 g/mol. The third-order valence-electron chi connectivity index (χ3n) is 4.10. The van der Waals surface area contributed by atoms with Crippen LogP contribution in [0.1, 0.15) is 0 Å². The molecule has 0 aliphatic heterocycles. The van der Waals surface area contributed by atoms with Crippen molar-refractivity contribution in [1.82, 2.24) is 0 Å². The Morgan fingerprint density at radius 3 is 2.10 bits per heavy atom. The quantitative estimate of drug-likeness (QED) is 0.363. The van der Waals surface area contributed by atoms with Gasteiger partial charge in [-0.25, -0.2) is 0 Å². The van der Waals surface area contributed by atoms with E-state index < -0.39 is 0 Å². The molecular weight excluding hydrogens is 249 g/mol. The van der Waals surface area contributed by atoms with Crippen LogP contribution in [0.2, 0.25) is 0 Å². The molecule has 0 bridgehead atoms. The van der Waals surface area contributed by atoms with Crippen LogP contribution in [0.15, 0.2) is 60.7 Å². The Morgan fingerprint density at radius 1 is 0.667 bits per heavy atom. The summed E-state index contributed by atoms with van der Waals surface area (Å²) < 4.78 is 0. The number of rotatable bonds is 1. The van der Waals surface area contributed by atoms with E-state index in [0.29, 0.717) is 0 Å². The molecule has 0 aliphatic carbocycles. The Morgan fingerprint density at radius 2 is 1.33 bits per heavy atom. The maximum atomic E-state index is 5.99. The first-order valence-corrected chi connectivity index (χ1v) is 6.97. The van der Waals surface area contributed by atoms with Crippen LogP contribution in [-0.2, 0) is 0 Å². The third-order valence-corrected chi connectivity index (χ3v) is 4.10. The van der Waals surface area contributed by atoms with Crippen molar-refractivity contribution < 1.29 is 0 Å². The smallest absolute Gasteiger partial charge is 0.0960 e. The van der Waals surface area contributed by atoms with Crippen molar-refractivity contribution in [2.24, 2.45) is 0 Å². The van der Waals surface area contributed by atoms with Crippen LogP contribution in [0, 0.1) is 0 Å². The van der Waals surface area contributed by atoms with Crippen LogP contribution >= 0.6 is 0 Å². The van der Waals surface area contributed by atoms with E-state index in [1.807, 2.05) is 12.1 Å². The van der Waals surface area contributed by atoms with Crippen LogP contribution < -0.4 is 10.9 Å². The highest BCUT2D eigenvalue weighted by molar-refractivity contribution is 6.98. The van der Waals surface area contributed by atoms with Crippen LogP contribution in [0.5, 0.6) is 0 Å². The van der Waals surface area contributed by atoms with E-state index in [1.165, 1.54) is 32.3 Å². The molecule has 0 amide bonds. The molecular formula is C18H10B3. The largest absolute Gasteiger partial charge is 0.113 e. The van der Waals surface area contributed by atoms with Gasteiger partial charge >= 0.3 is 0 Å². The lowest BCUT2D eigenvalue weighted by atomic mass is 9.50. The molecule has 91 valence electrons. The zero-order chi connectivity index (χ0) is 14.4. The fraction of sp³-hybridized carbons (Fsp3) is 0. The van der Waals surface area contributed by atoms with Crippen molar-refractivity contribution in [2.45, 2.75) is 0 Å². The van der Waals surface area contributed by atoms with Gasteiger partial charge in [-0.2, -0.15) is 0 Å². The second-order valence-corrected chi connectivity index (χ2v) is 5.29. The van der Waals surface area contributed by atoms with Gasteiger partial charge in [0.15, 0.2) is 0 Å². The number of fused-ring (bicyclic) bond motifs is 6. The van der Waals surface area contributed by atoms with E-state index in [9.17, 15) is 0 Å². The first-order chi connectivity index (χ1) is 10.3. The van der Waals surface area contributed by atoms with Crippen molar-refractivity contribution in [3.63, 3.8) is 0 Å². The van der Waals surface area contributed by atoms with E-state index >= 15 is 0 Å². The van der Waals surface area contributed by atoms with Crippen molar-refractivity contribution in [2.75, 3.05) is 0 Å². The molecule has 0 N–H and O–H groups in total. The molecule has 0 atom stereocenters. The Balaban J connectivity index is 2.40. The topological polar surface area (TPSA) is 0 Å². The van der Waals surface area contributed by atoms with Crippen molar-refractivity contribution in [3.05, 3.63) is 60.7 Å². The predicted molar refractivity (Wildman–Crippen MR) is 95.5 cm³/mol. The van der Waals surface area contributed by atoms with Gasteiger partial charge < -0.3 is 0 Å². The molecule has 4 aromatic rings. The normalized spacial score (nSPS) is 11.2. The first kappa shape index (κ1) is 12.6. The lowest BCUT2D eigenvalue weighted by Gasteiger charge is -2.14. The van der Waals surface area contributed by atoms with Crippen molar-refractivity contribution in [3.8, 4) is 0 Å². The van der Waals surface area contributed by atoms with E-state index in [2.05, 4.69) is 48.5 Å². The molecule has 0 aromatic heterocycles. The Kier molecular flexibility index (Phi) is 2.82.